The molecule has 0 heterocycles. The molecule has 0 aliphatic heterocycles. The molecule has 0 unspecified atom stereocenters. The molecule has 0 amide bonds. The summed E-state index contributed by atoms with van der Waals surface area (Å²) in [7, 11) is 1.56. The third-order valence-corrected chi connectivity index (χ3v) is 2.72. The zero-order chi connectivity index (χ0) is 9.14. The Balaban J connectivity index is 3.28. The number of methoxy groups -OCH3 is 1. The maximum Gasteiger partial charge on any atom is 0.139 e. The Morgan fingerprint density at radius 3 is 2.67 bits per heavy atom. The Morgan fingerprint density at radius 1 is 1.58 bits per heavy atom. The number of aliphatic hydroxyl groups is 1. The smallest absolute Gasteiger partial charge is 0.139 e. The molecule has 0 radical (unpaired) electrons. The maximum absolute atomic E-state index is 8.99. The number of rotatable bonds is 2. The third-order valence-electron chi connectivity index (χ3n) is 1.52. The highest BCUT2D eigenvalue weighted by Gasteiger charge is 2.09. The van der Waals surface area contributed by atoms with E-state index < -0.39 is 0 Å². The van der Waals surface area contributed by atoms with Crippen molar-refractivity contribution < 1.29 is 9.84 Å². The molecule has 0 atom stereocenters. The van der Waals surface area contributed by atoms with Crippen molar-refractivity contribution in [3.63, 3.8) is 0 Å². The lowest BCUT2D eigenvalue weighted by Gasteiger charge is -2.09. The highest BCUT2D eigenvalue weighted by molar-refractivity contribution is 14.1. The van der Waals surface area contributed by atoms with Crippen molar-refractivity contribution in [1.82, 2.24) is 0 Å². The van der Waals surface area contributed by atoms with Crippen molar-refractivity contribution in [3.05, 3.63) is 26.3 Å². The van der Waals surface area contributed by atoms with Gasteiger partial charge < -0.3 is 9.84 Å². The fourth-order valence-corrected chi connectivity index (χ4v) is 1.88. The lowest BCUT2D eigenvalue weighted by molar-refractivity contribution is 0.273. The predicted octanol–water partition coefficient (Wildman–Crippen LogP) is 2.45. The van der Waals surface area contributed by atoms with Gasteiger partial charge in [-0.05, 0) is 34.7 Å². The standard InChI is InChI=1S/C8H8ClIO2/c1-12-8-5(4-11)6(9)2-3-7(8)10/h2-3,11H,4H2,1H3. The first-order valence-electron chi connectivity index (χ1n) is 3.32. The number of hydrogen-bond acceptors (Lipinski definition) is 2. The first-order chi connectivity index (χ1) is 5.70. The van der Waals surface area contributed by atoms with Crippen LogP contribution < -0.4 is 4.74 Å². The summed E-state index contributed by atoms with van der Waals surface area (Å²) in [5.74, 6) is 0.658. The van der Waals surface area contributed by atoms with Gasteiger partial charge in [-0.2, -0.15) is 0 Å². The van der Waals surface area contributed by atoms with Crippen LogP contribution in [0.3, 0.4) is 0 Å². The van der Waals surface area contributed by atoms with Gasteiger partial charge in [0.2, 0.25) is 0 Å². The first-order valence-corrected chi connectivity index (χ1v) is 4.78. The molecule has 0 saturated carbocycles. The summed E-state index contributed by atoms with van der Waals surface area (Å²) in [6, 6.07) is 3.60. The van der Waals surface area contributed by atoms with Crippen LogP contribution in [0, 0.1) is 3.57 Å². The van der Waals surface area contributed by atoms with Crippen molar-refractivity contribution in [2.45, 2.75) is 6.61 Å². The van der Waals surface area contributed by atoms with E-state index in [2.05, 4.69) is 22.6 Å². The molecule has 1 aromatic rings. The Morgan fingerprint density at radius 2 is 2.25 bits per heavy atom. The Labute approximate surface area is 89.6 Å². The van der Waals surface area contributed by atoms with Crippen molar-refractivity contribution in [2.75, 3.05) is 7.11 Å². The highest BCUT2D eigenvalue weighted by atomic mass is 127. The molecule has 1 N–H and O–H groups in total. The molecule has 12 heavy (non-hydrogen) atoms. The van der Waals surface area contributed by atoms with Gasteiger partial charge in [-0.3, -0.25) is 0 Å². The average Bonchev–Trinajstić information content (AvgIpc) is 2.08. The van der Waals surface area contributed by atoms with E-state index in [0.717, 1.165) is 3.57 Å². The van der Waals surface area contributed by atoms with Crippen LogP contribution in [0.1, 0.15) is 5.56 Å². The molecule has 1 rings (SSSR count). The van der Waals surface area contributed by atoms with E-state index >= 15 is 0 Å². The van der Waals surface area contributed by atoms with Gasteiger partial charge in [-0.15, -0.1) is 0 Å². The van der Waals surface area contributed by atoms with Crippen LogP contribution in [0.5, 0.6) is 5.75 Å². The molecule has 0 aromatic heterocycles. The largest absolute Gasteiger partial charge is 0.495 e. The fraction of sp³-hybridized carbons (Fsp3) is 0.250. The molecular formula is C8H8ClIO2. The first kappa shape index (κ1) is 10.1. The third kappa shape index (κ3) is 1.84. The summed E-state index contributed by atoms with van der Waals surface area (Å²) in [5, 5.41) is 9.52. The molecule has 0 spiro atoms. The van der Waals surface area contributed by atoms with Crippen molar-refractivity contribution in [2.24, 2.45) is 0 Å². The van der Waals surface area contributed by atoms with E-state index in [1.165, 1.54) is 0 Å². The van der Waals surface area contributed by atoms with Gasteiger partial charge >= 0.3 is 0 Å². The fourth-order valence-electron chi connectivity index (χ4n) is 0.943. The van der Waals surface area contributed by atoms with Gasteiger partial charge in [-0.25, -0.2) is 0 Å². The van der Waals surface area contributed by atoms with Crippen molar-refractivity contribution >= 4 is 34.2 Å². The summed E-state index contributed by atoms with van der Waals surface area (Å²) in [6.45, 7) is -0.0984. The second kappa shape index (κ2) is 4.30. The topological polar surface area (TPSA) is 29.5 Å². The number of hydrogen-bond donors (Lipinski definition) is 1. The SMILES string of the molecule is COc1c(I)ccc(Cl)c1CO. The summed E-state index contributed by atoms with van der Waals surface area (Å²) in [5.41, 5.74) is 0.645. The van der Waals surface area contributed by atoms with Gasteiger partial charge in [-0.1, -0.05) is 11.6 Å². The molecule has 0 fully saturated rings. The monoisotopic (exact) mass is 298 g/mol. The van der Waals surface area contributed by atoms with Crippen LogP contribution in [-0.2, 0) is 6.61 Å². The Kier molecular flexibility index (Phi) is 3.61. The molecule has 66 valence electrons. The van der Waals surface area contributed by atoms with E-state index in [1.807, 2.05) is 6.07 Å². The van der Waals surface area contributed by atoms with E-state index in [9.17, 15) is 0 Å². The van der Waals surface area contributed by atoms with Gasteiger partial charge in [0.1, 0.15) is 5.75 Å². The maximum atomic E-state index is 8.99. The molecule has 1 aromatic carbocycles. The van der Waals surface area contributed by atoms with Crippen LogP contribution in [-0.4, -0.2) is 12.2 Å². The van der Waals surface area contributed by atoms with E-state index in [4.69, 9.17) is 21.4 Å². The number of halogens is 2. The summed E-state index contributed by atoms with van der Waals surface area (Å²) < 4.78 is 6.04. The summed E-state index contributed by atoms with van der Waals surface area (Å²) >= 11 is 7.97. The van der Waals surface area contributed by atoms with Crippen LogP contribution in [0.25, 0.3) is 0 Å². The zero-order valence-corrected chi connectivity index (χ0v) is 9.39. The molecular weight excluding hydrogens is 290 g/mol. The minimum atomic E-state index is -0.0984. The van der Waals surface area contributed by atoms with Crippen molar-refractivity contribution in [1.29, 1.82) is 0 Å². The van der Waals surface area contributed by atoms with Gasteiger partial charge in [0, 0.05) is 10.6 Å². The quantitative estimate of drug-likeness (QED) is 0.850. The van der Waals surface area contributed by atoms with Gasteiger partial charge in [0.05, 0.1) is 17.3 Å². The minimum Gasteiger partial charge on any atom is -0.495 e. The minimum absolute atomic E-state index is 0.0984. The molecule has 2 nitrogen and oxygen atoms in total. The number of aliphatic hydroxyl groups excluding tert-OH is 1. The van der Waals surface area contributed by atoms with Crippen LogP contribution in [0.4, 0.5) is 0 Å². The van der Waals surface area contributed by atoms with Crippen molar-refractivity contribution in [3.8, 4) is 5.75 Å². The zero-order valence-electron chi connectivity index (χ0n) is 6.47. The van der Waals surface area contributed by atoms with Crippen LogP contribution in [0.15, 0.2) is 12.1 Å². The molecule has 0 aliphatic carbocycles. The molecule has 4 heteroatoms. The van der Waals surface area contributed by atoms with Crippen LogP contribution >= 0.6 is 34.2 Å². The second-order valence-electron chi connectivity index (χ2n) is 2.20. The lowest BCUT2D eigenvalue weighted by atomic mass is 10.2. The highest BCUT2D eigenvalue weighted by Crippen LogP contribution is 2.31. The normalized spacial score (nSPS) is 10.0. The van der Waals surface area contributed by atoms with E-state index in [1.54, 1.807) is 13.2 Å². The van der Waals surface area contributed by atoms with E-state index in [0.29, 0.717) is 16.3 Å². The van der Waals surface area contributed by atoms with E-state index in [-0.39, 0.29) is 6.61 Å². The lowest BCUT2D eigenvalue weighted by Crippen LogP contribution is -1.95. The number of benzene rings is 1. The molecule has 0 aliphatic rings. The van der Waals surface area contributed by atoms with Gasteiger partial charge in [0.25, 0.3) is 0 Å². The Bertz CT molecular complexity index is 260. The number of ether oxygens (including phenoxy) is 1. The molecule has 0 bridgehead atoms. The van der Waals surface area contributed by atoms with Gasteiger partial charge in [0.15, 0.2) is 0 Å². The predicted molar refractivity (Wildman–Crippen MR) is 56.6 cm³/mol. The molecule has 0 saturated heterocycles. The summed E-state index contributed by atoms with van der Waals surface area (Å²) in [6.07, 6.45) is 0. The summed E-state index contributed by atoms with van der Waals surface area (Å²) in [4.78, 5) is 0. The average molecular weight is 299 g/mol. The Hall–Kier alpha value is -0.0000000000000000763. The second-order valence-corrected chi connectivity index (χ2v) is 3.77. The van der Waals surface area contributed by atoms with Crippen LogP contribution in [0.2, 0.25) is 5.02 Å².